The monoisotopic (exact) mass is 344 g/mol. The summed E-state index contributed by atoms with van der Waals surface area (Å²) in [6, 6.07) is 1.97. The highest BCUT2D eigenvalue weighted by Crippen LogP contribution is 2.30. The summed E-state index contributed by atoms with van der Waals surface area (Å²) >= 11 is 1.49. The molecule has 8 heteroatoms. The summed E-state index contributed by atoms with van der Waals surface area (Å²) in [6.45, 7) is 1.40. The quantitative estimate of drug-likeness (QED) is 0.834. The minimum Gasteiger partial charge on any atom is -0.371 e. The van der Waals surface area contributed by atoms with Crippen LogP contribution in [0.1, 0.15) is 47.3 Å². The minimum absolute atomic E-state index is 0.0243. The molecule has 0 saturated carbocycles. The zero-order valence-electron chi connectivity index (χ0n) is 13.0. The lowest BCUT2D eigenvalue weighted by atomic mass is 10.2. The van der Waals surface area contributed by atoms with Gasteiger partial charge in [0.25, 0.3) is 5.56 Å². The molecule has 0 radical (unpaired) electrons. The summed E-state index contributed by atoms with van der Waals surface area (Å²) in [5, 5.41) is 12.0. The Labute approximate surface area is 141 Å². The van der Waals surface area contributed by atoms with E-state index in [1.54, 1.807) is 4.57 Å². The molecule has 4 heterocycles. The first-order valence-electron chi connectivity index (χ1n) is 8.01. The predicted octanol–water partition coefficient (Wildman–Crippen LogP) is 1.18. The highest BCUT2D eigenvalue weighted by atomic mass is 32.1. The lowest BCUT2D eigenvalue weighted by molar-refractivity contribution is 0.111. The number of hydrogen-bond acceptors (Lipinski definition) is 6. The van der Waals surface area contributed by atoms with Gasteiger partial charge in [0.15, 0.2) is 0 Å². The summed E-state index contributed by atoms with van der Waals surface area (Å²) in [4.78, 5) is 29.6. The topological polar surface area (TPSA) is 89.9 Å². The van der Waals surface area contributed by atoms with Crippen LogP contribution in [0.3, 0.4) is 0 Å². The van der Waals surface area contributed by atoms with Gasteiger partial charge in [-0.05, 0) is 25.7 Å². The third-order valence-electron chi connectivity index (χ3n) is 4.54. The Kier molecular flexibility index (Phi) is 3.82. The number of nitriles is 1. The maximum atomic E-state index is 12.6. The first kappa shape index (κ1) is 15.3. The molecule has 0 aromatic carbocycles. The van der Waals surface area contributed by atoms with Crippen molar-refractivity contribution in [1.82, 2.24) is 14.1 Å². The molecule has 2 aliphatic heterocycles. The van der Waals surface area contributed by atoms with Gasteiger partial charge < -0.3 is 4.74 Å². The van der Waals surface area contributed by atoms with Crippen LogP contribution >= 0.6 is 11.3 Å². The van der Waals surface area contributed by atoms with Gasteiger partial charge in [-0.25, -0.2) is 9.78 Å². The van der Waals surface area contributed by atoms with Crippen LogP contribution in [-0.4, -0.2) is 20.7 Å². The van der Waals surface area contributed by atoms with E-state index in [1.807, 2.05) is 11.4 Å². The summed E-state index contributed by atoms with van der Waals surface area (Å²) in [5.41, 5.74) is 0.455. The maximum absolute atomic E-state index is 12.6. The number of nitrogens with zero attached hydrogens (tertiary/aromatic N) is 4. The van der Waals surface area contributed by atoms with Crippen LogP contribution in [0.15, 0.2) is 15.0 Å². The molecular weight excluding hydrogens is 328 g/mol. The molecule has 4 rings (SSSR count). The van der Waals surface area contributed by atoms with Crippen LogP contribution in [0.2, 0.25) is 0 Å². The van der Waals surface area contributed by atoms with E-state index < -0.39 is 5.56 Å². The zero-order valence-corrected chi connectivity index (χ0v) is 13.8. The molecule has 0 spiro atoms. The fourth-order valence-corrected chi connectivity index (χ4v) is 4.26. The van der Waals surface area contributed by atoms with Gasteiger partial charge in [0.1, 0.15) is 22.7 Å². The SMILES string of the molecule is N#Cc1c2n(c(=O)n(Cc3csc(C4CCCO4)n3)c1=O)CCC2. The smallest absolute Gasteiger partial charge is 0.331 e. The molecule has 7 nitrogen and oxygen atoms in total. The number of ether oxygens (including phenoxy) is 1. The van der Waals surface area contributed by atoms with Crippen molar-refractivity contribution < 1.29 is 4.74 Å². The first-order chi connectivity index (χ1) is 11.7. The Hall–Kier alpha value is -2.24. The molecule has 2 aromatic rings. The average molecular weight is 344 g/mol. The second kappa shape index (κ2) is 6.00. The molecule has 2 aromatic heterocycles. The molecule has 0 bridgehead atoms. The van der Waals surface area contributed by atoms with Gasteiger partial charge in [-0.15, -0.1) is 11.3 Å². The van der Waals surface area contributed by atoms with Gasteiger partial charge in [0.05, 0.1) is 12.2 Å². The van der Waals surface area contributed by atoms with Crippen molar-refractivity contribution in [1.29, 1.82) is 5.26 Å². The van der Waals surface area contributed by atoms with Crippen LogP contribution in [0.5, 0.6) is 0 Å². The van der Waals surface area contributed by atoms with Gasteiger partial charge in [-0.3, -0.25) is 13.9 Å². The molecule has 1 unspecified atom stereocenters. The molecule has 0 aliphatic carbocycles. The van der Waals surface area contributed by atoms with Crippen molar-refractivity contribution in [2.45, 2.75) is 44.9 Å². The van der Waals surface area contributed by atoms with Gasteiger partial charge in [0, 0.05) is 24.2 Å². The van der Waals surface area contributed by atoms with E-state index in [4.69, 9.17) is 4.74 Å². The van der Waals surface area contributed by atoms with Crippen LogP contribution in [-0.2, 0) is 24.2 Å². The fourth-order valence-electron chi connectivity index (χ4n) is 3.37. The van der Waals surface area contributed by atoms with E-state index in [1.165, 1.54) is 11.3 Å². The Bertz CT molecular complexity index is 944. The van der Waals surface area contributed by atoms with Crippen molar-refractivity contribution in [3.05, 3.63) is 48.2 Å². The third kappa shape index (κ3) is 2.41. The van der Waals surface area contributed by atoms with E-state index in [0.29, 0.717) is 24.4 Å². The van der Waals surface area contributed by atoms with E-state index in [9.17, 15) is 14.9 Å². The Morgan fingerprint density at radius 3 is 3.04 bits per heavy atom. The van der Waals surface area contributed by atoms with Crippen LogP contribution in [0.4, 0.5) is 0 Å². The average Bonchev–Trinajstić information content (AvgIpc) is 3.31. The standard InChI is InChI=1S/C16H16N4O3S/c17-7-11-12-3-1-5-19(12)16(22)20(15(11)21)8-10-9-24-14(18-10)13-4-2-6-23-13/h9,13H,1-6,8H2. The van der Waals surface area contributed by atoms with Crippen molar-refractivity contribution in [3.8, 4) is 6.07 Å². The van der Waals surface area contributed by atoms with Crippen molar-refractivity contribution in [2.24, 2.45) is 0 Å². The molecule has 1 saturated heterocycles. The van der Waals surface area contributed by atoms with Crippen LogP contribution in [0.25, 0.3) is 0 Å². The highest BCUT2D eigenvalue weighted by molar-refractivity contribution is 7.09. The van der Waals surface area contributed by atoms with Crippen molar-refractivity contribution in [2.75, 3.05) is 6.61 Å². The van der Waals surface area contributed by atoms with E-state index >= 15 is 0 Å². The van der Waals surface area contributed by atoms with Gasteiger partial charge in [0.2, 0.25) is 0 Å². The number of thiazole rings is 1. The first-order valence-corrected chi connectivity index (χ1v) is 8.89. The molecular formula is C16H16N4O3S. The maximum Gasteiger partial charge on any atom is 0.331 e. The molecule has 1 fully saturated rings. The second-order valence-corrected chi connectivity index (χ2v) is 6.93. The molecule has 0 N–H and O–H groups in total. The Balaban J connectivity index is 1.72. The van der Waals surface area contributed by atoms with Gasteiger partial charge in [-0.1, -0.05) is 0 Å². The summed E-state index contributed by atoms with van der Waals surface area (Å²) in [7, 11) is 0. The van der Waals surface area contributed by atoms with Crippen LogP contribution < -0.4 is 11.2 Å². The molecule has 2 aliphatic rings. The van der Waals surface area contributed by atoms with E-state index in [-0.39, 0.29) is 23.9 Å². The zero-order chi connectivity index (χ0) is 16.7. The molecule has 1 atom stereocenters. The second-order valence-electron chi connectivity index (χ2n) is 6.04. The lowest BCUT2D eigenvalue weighted by Gasteiger charge is -2.10. The van der Waals surface area contributed by atoms with Gasteiger partial charge in [-0.2, -0.15) is 5.26 Å². The summed E-state index contributed by atoms with van der Waals surface area (Å²) in [5.74, 6) is 0. The Morgan fingerprint density at radius 2 is 2.29 bits per heavy atom. The van der Waals surface area contributed by atoms with Crippen molar-refractivity contribution in [3.63, 3.8) is 0 Å². The number of fused-ring (bicyclic) bond motifs is 1. The normalized spacial score (nSPS) is 19.4. The van der Waals surface area contributed by atoms with Gasteiger partial charge >= 0.3 is 5.69 Å². The third-order valence-corrected chi connectivity index (χ3v) is 5.52. The minimum atomic E-state index is -0.512. The molecule has 24 heavy (non-hydrogen) atoms. The molecule has 124 valence electrons. The lowest BCUT2D eigenvalue weighted by Crippen LogP contribution is -2.42. The Morgan fingerprint density at radius 1 is 1.42 bits per heavy atom. The predicted molar refractivity (Wildman–Crippen MR) is 87.1 cm³/mol. The number of rotatable bonds is 3. The number of aromatic nitrogens is 3. The van der Waals surface area contributed by atoms with E-state index in [2.05, 4.69) is 4.98 Å². The van der Waals surface area contributed by atoms with E-state index in [0.717, 1.165) is 35.4 Å². The summed E-state index contributed by atoms with van der Waals surface area (Å²) < 4.78 is 8.29. The largest absolute Gasteiger partial charge is 0.371 e. The van der Waals surface area contributed by atoms with Crippen LogP contribution in [0, 0.1) is 11.3 Å². The fraction of sp³-hybridized carbons (Fsp3) is 0.500. The highest BCUT2D eigenvalue weighted by Gasteiger charge is 2.24. The number of hydrogen-bond donors (Lipinski definition) is 0. The molecule has 0 amide bonds. The van der Waals surface area contributed by atoms with Crippen molar-refractivity contribution >= 4 is 11.3 Å². The summed E-state index contributed by atoms with van der Waals surface area (Å²) in [6.07, 6.45) is 3.39.